The molecule has 0 aromatic heterocycles. The smallest absolute Gasteiger partial charge is 0.0267 e. The quantitative estimate of drug-likeness (QED) is 0.471. The lowest BCUT2D eigenvalue weighted by atomic mass is 10.3. The van der Waals surface area contributed by atoms with Crippen LogP contribution in [0.3, 0.4) is 0 Å². The second-order valence-corrected chi connectivity index (χ2v) is 2.99. The summed E-state index contributed by atoms with van der Waals surface area (Å²) in [6.45, 7) is 12.8. The number of hydrogen-bond donors (Lipinski definition) is 1. The molecule has 0 spiro atoms. The largest absolute Gasteiger partial charge is 0.386 e. The summed E-state index contributed by atoms with van der Waals surface area (Å²) in [5.41, 5.74) is 2.01. The van der Waals surface area contributed by atoms with Crippen LogP contribution in [-0.2, 0) is 0 Å². The molecule has 0 rings (SSSR count). The van der Waals surface area contributed by atoms with Crippen molar-refractivity contribution in [3.63, 3.8) is 0 Å². The van der Waals surface area contributed by atoms with Crippen molar-refractivity contribution < 1.29 is 0 Å². The topological polar surface area (TPSA) is 12.0 Å². The van der Waals surface area contributed by atoms with E-state index in [0.717, 1.165) is 17.8 Å². The number of hydrogen-bond acceptors (Lipinski definition) is 1. The zero-order chi connectivity index (χ0) is 9.40. The highest BCUT2D eigenvalue weighted by atomic mass is 14.9. The van der Waals surface area contributed by atoms with Gasteiger partial charge in [-0.1, -0.05) is 38.2 Å². The molecule has 0 atom stereocenters. The van der Waals surface area contributed by atoms with Crippen LogP contribution in [0.15, 0.2) is 36.6 Å². The number of unbranched alkanes of at least 4 members (excludes halogenated alkanes) is 1. The molecule has 0 heterocycles. The summed E-state index contributed by atoms with van der Waals surface area (Å²) in [6, 6.07) is 0. The molecule has 0 fully saturated rings. The van der Waals surface area contributed by atoms with E-state index < -0.39 is 0 Å². The van der Waals surface area contributed by atoms with Crippen molar-refractivity contribution >= 4 is 0 Å². The fourth-order valence-corrected chi connectivity index (χ4v) is 0.727. The first-order valence-corrected chi connectivity index (χ1v) is 4.43. The third kappa shape index (κ3) is 7.13. The lowest BCUT2D eigenvalue weighted by molar-refractivity contribution is 0.721. The van der Waals surface area contributed by atoms with Gasteiger partial charge in [0, 0.05) is 12.2 Å². The van der Waals surface area contributed by atoms with Gasteiger partial charge in [0.2, 0.25) is 0 Å². The Morgan fingerprint density at radius 3 is 2.50 bits per heavy atom. The summed E-state index contributed by atoms with van der Waals surface area (Å²) < 4.78 is 0. The van der Waals surface area contributed by atoms with E-state index in [2.05, 4.69) is 25.4 Å². The Kier molecular flexibility index (Phi) is 6.16. The van der Waals surface area contributed by atoms with Crippen molar-refractivity contribution in [3.8, 4) is 0 Å². The normalized spacial score (nSPS) is 10.2. The maximum atomic E-state index is 3.86. The number of rotatable bonds is 6. The lowest BCUT2D eigenvalue weighted by Crippen LogP contribution is -2.11. The molecule has 1 N–H and O–H groups in total. The van der Waals surface area contributed by atoms with E-state index in [1.54, 1.807) is 0 Å². The van der Waals surface area contributed by atoms with Gasteiger partial charge in [0.1, 0.15) is 0 Å². The third-order valence-corrected chi connectivity index (χ3v) is 1.45. The van der Waals surface area contributed by atoms with Gasteiger partial charge in [-0.3, -0.25) is 0 Å². The molecule has 1 nitrogen and oxygen atoms in total. The van der Waals surface area contributed by atoms with Gasteiger partial charge in [-0.25, -0.2) is 0 Å². The van der Waals surface area contributed by atoms with Crippen LogP contribution in [0.1, 0.15) is 26.7 Å². The van der Waals surface area contributed by atoms with Crippen LogP contribution in [0.2, 0.25) is 0 Å². The van der Waals surface area contributed by atoms with Crippen LogP contribution >= 0.6 is 0 Å². The predicted molar refractivity (Wildman–Crippen MR) is 56.0 cm³/mol. The predicted octanol–water partition coefficient (Wildman–Crippen LogP) is 3.02. The van der Waals surface area contributed by atoms with Crippen molar-refractivity contribution in [2.75, 3.05) is 6.54 Å². The Labute approximate surface area is 75.9 Å². The summed E-state index contributed by atoms with van der Waals surface area (Å²) in [5, 5.41) is 3.22. The standard InChI is InChI=1S/C11H19N/c1-5-6-9-12-11(4)8-7-10(2)3/h7-8,12H,2,4-6,9H2,1,3H3/b8-7-. The van der Waals surface area contributed by atoms with E-state index in [1.807, 2.05) is 19.1 Å². The van der Waals surface area contributed by atoms with Gasteiger partial charge < -0.3 is 5.32 Å². The zero-order valence-corrected chi connectivity index (χ0v) is 8.19. The maximum absolute atomic E-state index is 3.86. The second-order valence-electron chi connectivity index (χ2n) is 2.99. The van der Waals surface area contributed by atoms with Gasteiger partial charge in [0.25, 0.3) is 0 Å². The molecule has 0 radical (unpaired) electrons. The second kappa shape index (κ2) is 6.71. The first-order valence-electron chi connectivity index (χ1n) is 4.43. The molecule has 0 aromatic rings. The van der Waals surface area contributed by atoms with Crippen molar-refractivity contribution in [2.45, 2.75) is 26.7 Å². The first kappa shape index (κ1) is 11.0. The molecule has 0 aromatic carbocycles. The van der Waals surface area contributed by atoms with Crippen LogP contribution in [-0.4, -0.2) is 6.54 Å². The Balaban J connectivity index is 3.53. The fourth-order valence-electron chi connectivity index (χ4n) is 0.727. The van der Waals surface area contributed by atoms with Crippen LogP contribution in [0, 0.1) is 0 Å². The summed E-state index contributed by atoms with van der Waals surface area (Å²) in [7, 11) is 0. The van der Waals surface area contributed by atoms with Gasteiger partial charge in [-0.05, 0) is 19.4 Å². The average molecular weight is 165 g/mol. The Hall–Kier alpha value is -0.980. The van der Waals surface area contributed by atoms with Gasteiger partial charge in [0.05, 0.1) is 0 Å². The van der Waals surface area contributed by atoms with Crippen molar-refractivity contribution in [3.05, 3.63) is 36.6 Å². The minimum Gasteiger partial charge on any atom is -0.386 e. The Bertz CT molecular complexity index is 177. The van der Waals surface area contributed by atoms with Gasteiger partial charge in [-0.2, -0.15) is 0 Å². The van der Waals surface area contributed by atoms with E-state index in [1.165, 1.54) is 12.8 Å². The molecule has 0 saturated carbocycles. The van der Waals surface area contributed by atoms with Gasteiger partial charge in [-0.15, -0.1) is 0 Å². The Morgan fingerprint density at radius 2 is 2.00 bits per heavy atom. The zero-order valence-electron chi connectivity index (χ0n) is 8.19. The minimum atomic E-state index is 0.964. The first-order chi connectivity index (χ1) is 5.66. The molecular formula is C11H19N. The van der Waals surface area contributed by atoms with Crippen molar-refractivity contribution in [1.82, 2.24) is 5.32 Å². The van der Waals surface area contributed by atoms with Crippen LogP contribution in [0.4, 0.5) is 0 Å². The summed E-state index contributed by atoms with van der Waals surface area (Å²) in [5.74, 6) is 0. The number of nitrogens with one attached hydrogen (secondary N) is 1. The summed E-state index contributed by atoms with van der Waals surface area (Å²) >= 11 is 0. The molecule has 68 valence electrons. The van der Waals surface area contributed by atoms with E-state index in [4.69, 9.17) is 0 Å². The summed E-state index contributed by atoms with van der Waals surface area (Å²) in [4.78, 5) is 0. The third-order valence-electron chi connectivity index (χ3n) is 1.45. The maximum Gasteiger partial charge on any atom is 0.0267 e. The van der Waals surface area contributed by atoms with Crippen molar-refractivity contribution in [2.24, 2.45) is 0 Å². The molecule has 0 aliphatic carbocycles. The summed E-state index contributed by atoms with van der Waals surface area (Å²) in [6.07, 6.45) is 6.32. The van der Waals surface area contributed by atoms with Crippen LogP contribution < -0.4 is 5.32 Å². The lowest BCUT2D eigenvalue weighted by Gasteiger charge is -2.03. The molecule has 0 unspecified atom stereocenters. The van der Waals surface area contributed by atoms with E-state index >= 15 is 0 Å². The van der Waals surface area contributed by atoms with Gasteiger partial charge in [0.15, 0.2) is 0 Å². The molecule has 0 saturated heterocycles. The molecular weight excluding hydrogens is 146 g/mol. The highest BCUT2D eigenvalue weighted by Crippen LogP contribution is 1.94. The molecule has 0 aliphatic rings. The molecule has 1 heteroatoms. The molecule has 12 heavy (non-hydrogen) atoms. The van der Waals surface area contributed by atoms with E-state index in [0.29, 0.717) is 0 Å². The SMILES string of the molecule is C=C(C)/C=C\C(=C)NCCCC. The highest BCUT2D eigenvalue weighted by Gasteiger charge is 1.85. The average Bonchev–Trinajstić information content (AvgIpc) is 2.01. The van der Waals surface area contributed by atoms with Gasteiger partial charge >= 0.3 is 0 Å². The highest BCUT2D eigenvalue weighted by molar-refractivity contribution is 5.21. The fraction of sp³-hybridized carbons (Fsp3) is 0.455. The number of allylic oxidation sites excluding steroid dienone is 3. The van der Waals surface area contributed by atoms with E-state index in [-0.39, 0.29) is 0 Å². The monoisotopic (exact) mass is 165 g/mol. The molecule has 0 aliphatic heterocycles. The van der Waals surface area contributed by atoms with Crippen LogP contribution in [0.5, 0.6) is 0 Å². The Morgan fingerprint density at radius 1 is 1.33 bits per heavy atom. The van der Waals surface area contributed by atoms with E-state index in [9.17, 15) is 0 Å². The molecule has 0 bridgehead atoms. The van der Waals surface area contributed by atoms with Crippen LogP contribution in [0.25, 0.3) is 0 Å². The minimum absolute atomic E-state index is 0.964. The molecule has 0 amide bonds. The van der Waals surface area contributed by atoms with Crippen molar-refractivity contribution in [1.29, 1.82) is 0 Å².